The van der Waals surface area contributed by atoms with E-state index in [2.05, 4.69) is 28.7 Å². The fraction of sp³-hybridized carbons (Fsp3) is 0.583. The minimum atomic E-state index is -0.410. The van der Waals surface area contributed by atoms with E-state index < -0.39 is 5.60 Å². The van der Waals surface area contributed by atoms with Crippen LogP contribution < -0.4 is 0 Å². The molecule has 0 fully saturated rings. The van der Waals surface area contributed by atoms with Crippen molar-refractivity contribution in [3.05, 3.63) is 24.3 Å². The maximum atomic E-state index is 11.2. The minimum absolute atomic E-state index is 0.291. The molecule has 3 heteroatoms. The number of allylic oxidation sites excluding steroid dienone is 3. The summed E-state index contributed by atoms with van der Waals surface area (Å²) in [7, 11) is 0. The predicted octanol–water partition coefficient (Wildman–Crippen LogP) is 3.66. The van der Waals surface area contributed by atoms with Crippen LogP contribution in [0.4, 0.5) is 0 Å². The highest BCUT2D eigenvalue weighted by molar-refractivity contribution is 14.1. The van der Waals surface area contributed by atoms with Gasteiger partial charge in [-0.15, -0.1) is 0 Å². The third-order valence-corrected chi connectivity index (χ3v) is 2.15. The Balaban J connectivity index is 3.77. The second kappa shape index (κ2) is 7.91. The molecule has 0 amide bonds. The number of hydrogen-bond acceptors (Lipinski definition) is 2. The van der Waals surface area contributed by atoms with Gasteiger partial charge in [0, 0.05) is 6.08 Å². The predicted molar refractivity (Wildman–Crippen MR) is 72.2 cm³/mol. The van der Waals surface area contributed by atoms with Crippen LogP contribution in [0.3, 0.4) is 0 Å². The number of unbranched alkanes of at least 4 members (excludes halogenated alkanes) is 1. The second-order valence-corrected chi connectivity index (χ2v) is 5.23. The van der Waals surface area contributed by atoms with E-state index in [0.717, 1.165) is 10.8 Å². The highest BCUT2D eigenvalue weighted by atomic mass is 127. The molecule has 0 atom stereocenters. The standard InChI is InChI=1S/C12H19IO2/c1-12(2,3)15-11(14)9-7-5-4-6-8-10-13/h4-5,7,9H,6,8,10H2,1-3H3/b5-4+,9-7+. The summed E-state index contributed by atoms with van der Waals surface area (Å²) in [5.74, 6) is -0.291. The summed E-state index contributed by atoms with van der Waals surface area (Å²) >= 11 is 2.35. The zero-order valence-electron chi connectivity index (χ0n) is 9.63. The Kier molecular flexibility index (Phi) is 7.74. The van der Waals surface area contributed by atoms with Gasteiger partial charge < -0.3 is 4.74 Å². The molecule has 0 N–H and O–H groups in total. The van der Waals surface area contributed by atoms with Gasteiger partial charge >= 0.3 is 5.97 Å². The number of ether oxygens (including phenoxy) is 1. The van der Waals surface area contributed by atoms with E-state index in [4.69, 9.17) is 4.74 Å². The van der Waals surface area contributed by atoms with Gasteiger partial charge in [0.25, 0.3) is 0 Å². The molecule has 2 nitrogen and oxygen atoms in total. The Bertz CT molecular complexity index is 236. The molecule has 0 rings (SSSR count). The number of alkyl halides is 1. The smallest absolute Gasteiger partial charge is 0.331 e. The van der Waals surface area contributed by atoms with Crippen molar-refractivity contribution in [1.82, 2.24) is 0 Å². The lowest BCUT2D eigenvalue weighted by Crippen LogP contribution is -2.22. The van der Waals surface area contributed by atoms with Crippen LogP contribution in [-0.4, -0.2) is 16.0 Å². The van der Waals surface area contributed by atoms with Crippen molar-refractivity contribution >= 4 is 28.6 Å². The molecule has 0 heterocycles. The fourth-order valence-electron chi connectivity index (χ4n) is 0.840. The van der Waals surface area contributed by atoms with E-state index in [9.17, 15) is 4.79 Å². The van der Waals surface area contributed by atoms with Crippen molar-refractivity contribution in [2.45, 2.75) is 39.2 Å². The number of carbonyl (C=O) groups is 1. The van der Waals surface area contributed by atoms with Crippen LogP contribution in [0.2, 0.25) is 0 Å². The molecule has 0 aliphatic rings. The number of carbonyl (C=O) groups excluding carboxylic acids is 1. The molecular formula is C12H19IO2. The minimum Gasteiger partial charge on any atom is -0.457 e. The van der Waals surface area contributed by atoms with Crippen molar-refractivity contribution in [1.29, 1.82) is 0 Å². The summed E-state index contributed by atoms with van der Waals surface area (Å²) in [6, 6.07) is 0. The van der Waals surface area contributed by atoms with E-state index in [0.29, 0.717) is 0 Å². The molecule has 0 aliphatic heterocycles. The lowest BCUT2D eigenvalue weighted by molar-refractivity contribution is -0.148. The summed E-state index contributed by atoms with van der Waals surface area (Å²) in [5.41, 5.74) is -0.410. The van der Waals surface area contributed by atoms with Crippen molar-refractivity contribution < 1.29 is 9.53 Å². The Labute approximate surface area is 106 Å². The van der Waals surface area contributed by atoms with Crippen molar-refractivity contribution in [3.63, 3.8) is 0 Å². The lowest BCUT2D eigenvalue weighted by Gasteiger charge is -2.17. The zero-order chi connectivity index (χ0) is 11.7. The van der Waals surface area contributed by atoms with Gasteiger partial charge in [0.2, 0.25) is 0 Å². The van der Waals surface area contributed by atoms with Crippen molar-refractivity contribution in [2.75, 3.05) is 4.43 Å². The molecule has 0 aromatic carbocycles. The first kappa shape index (κ1) is 14.7. The average Bonchev–Trinajstić information content (AvgIpc) is 2.08. The van der Waals surface area contributed by atoms with Crippen LogP contribution in [0.5, 0.6) is 0 Å². The molecule has 0 aliphatic carbocycles. The van der Waals surface area contributed by atoms with Gasteiger partial charge in [-0.3, -0.25) is 0 Å². The largest absolute Gasteiger partial charge is 0.457 e. The lowest BCUT2D eigenvalue weighted by atomic mass is 10.2. The first-order valence-corrected chi connectivity index (χ1v) is 6.60. The first-order valence-electron chi connectivity index (χ1n) is 5.08. The molecule has 0 bridgehead atoms. The van der Waals surface area contributed by atoms with Gasteiger partial charge in [-0.25, -0.2) is 4.79 Å². The summed E-state index contributed by atoms with van der Waals surface area (Å²) < 4.78 is 6.27. The Morgan fingerprint density at radius 1 is 1.33 bits per heavy atom. The first-order chi connectivity index (χ1) is 6.95. The van der Waals surface area contributed by atoms with Gasteiger partial charge in [0.05, 0.1) is 0 Å². The summed E-state index contributed by atoms with van der Waals surface area (Å²) in [6.45, 7) is 5.57. The molecule has 0 spiro atoms. The Morgan fingerprint density at radius 3 is 2.53 bits per heavy atom. The van der Waals surface area contributed by atoms with E-state index >= 15 is 0 Å². The molecule has 0 saturated carbocycles. The maximum absolute atomic E-state index is 11.2. The number of halogens is 1. The molecule has 0 unspecified atom stereocenters. The van der Waals surface area contributed by atoms with Crippen LogP contribution in [0.15, 0.2) is 24.3 Å². The maximum Gasteiger partial charge on any atom is 0.331 e. The van der Waals surface area contributed by atoms with Gasteiger partial charge in [0.1, 0.15) is 5.60 Å². The van der Waals surface area contributed by atoms with E-state index in [-0.39, 0.29) is 5.97 Å². The van der Waals surface area contributed by atoms with Crippen molar-refractivity contribution in [3.8, 4) is 0 Å². The molecule has 0 radical (unpaired) electrons. The monoisotopic (exact) mass is 322 g/mol. The van der Waals surface area contributed by atoms with Gasteiger partial charge in [-0.1, -0.05) is 40.8 Å². The van der Waals surface area contributed by atoms with Crippen LogP contribution in [-0.2, 0) is 9.53 Å². The quantitative estimate of drug-likeness (QED) is 0.193. The molecule has 0 aromatic rings. The highest BCUT2D eigenvalue weighted by Gasteiger charge is 2.13. The van der Waals surface area contributed by atoms with Crippen LogP contribution in [0, 0.1) is 0 Å². The summed E-state index contributed by atoms with van der Waals surface area (Å²) in [6.07, 6.45) is 9.35. The number of esters is 1. The van der Waals surface area contributed by atoms with Gasteiger partial charge in [-0.2, -0.15) is 0 Å². The van der Waals surface area contributed by atoms with E-state index in [1.165, 1.54) is 12.5 Å². The average molecular weight is 322 g/mol. The van der Waals surface area contributed by atoms with Gasteiger partial charge in [-0.05, 0) is 38.0 Å². The topological polar surface area (TPSA) is 26.3 Å². The third kappa shape index (κ3) is 11.6. The molecule has 0 saturated heterocycles. The summed E-state index contributed by atoms with van der Waals surface area (Å²) in [5, 5.41) is 0. The SMILES string of the molecule is CC(C)(C)OC(=O)/C=C/C=C/CCCI. The summed E-state index contributed by atoms with van der Waals surface area (Å²) in [4.78, 5) is 11.2. The Morgan fingerprint density at radius 2 is 2.00 bits per heavy atom. The molecule has 86 valence electrons. The number of hydrogen-bond donors (Lipinski definition) is 0. The highest BCUT2D eigenvalue weighted by Crippen LogP contribution is 2.07. The normalized spacial score (nSPS) is 12.5. The van der Waals surface area contributed by atoms with Crippen LogP contribution in [0.25, 0.3) is 0 Å². The van der Waals surface area contributed by atoms with Crippen LogP contribution in [0.1, 0.15) is 33.6 Å². The molecule has 0 aromatic heterocycles. The van der Waals surface area contributed by atoms with E-state index in [1.807, 2.05) is 26.8 Å². The Hall–Kier alpha value is -0.320. The zero-order valence-corrected chi connectivity index (χ0v) is 11.8. The van der Waals surface area contributed by atoms with E-state index in [1.54, 1.807) is 6.08 Å². The van der Waals surface area contributed by atoms with Crippen molar-refractivity contribution in [2.24, 2.45) is 0 Å². The van der Waals surface area contributed by atoms with Crippen LogP contribution >= 0.6 is 22.6 Å². The number of rotatable bonds is 5. The fourth-order valence-corrected chi connectivity index (χ4v) is 1.28. The molecular weight excluding hydrogens is 303 g/mol. The second-order valence-electron chi connectivity index (χ2n) is 4.15. The third-order valence-electron chi connectivity index (χ3n) is 1.39. The van der Waals surface area contributed by atoms with Gasteiger partial charge in [0.15, 0.2) is 0 Å². The molecule has 15 heavy (non-hydrogen) atoms.